The normalized spacial score (nSPS) is 25.0. The van der Waals surface area contributed by atoms with Gasteiger partial charge in [-0.3, -0.25) is 9.59 Å². The van der Waals surface area contributed by atoms with Gasteiger partial charge in [0.2, 0.25) is 11.8 Å². The molecule has 2 rings (SSSR count). The minimum Gasteiger partial charge on any atom is -0.368 e. The molecule has 2 aliphatic rings. The predicted octanol–water partition coefficient (Wildman–Crippen LogP) is -0.373. The number of likely N-dealkylation sites (tertiary alicyclic amines) is 1. The molecule has 66 valence electrons. The van der Waals surface area contributed by atoms with Crippen LogP contribution in [0.1, 0.15) is 25.7 Å². The fourth-order valence-corrected chi connectivity index (χ4v) is 1.95. The molecule has 2 amide bonds. The predicted molar refractivity (Wildman–Crippen MR) is 42.1 cm³/mol. The number of hydrogen-bond acceptors (Lipinski definition) is 2. The number of hydrogen-bond donors (Lipinski definition) is 1. The van der Waals surface area contributed by atoms with E-state index in [0.29, 0.717) is 6.42 Å². The van der Waals surface area contributed by atoms with Gasteiger partial charge < -0.3 is 10.6 Å². The molecule has 0 bridgehead atoms. The van der Waals surface area contributed by atoms with E-state index in [9.17, 15) is 9.59 Å². The maximum Gasteiger partial charge on any atom is 0.237 e. The Morgan fingerprint density at radius 3 is 2.67 bits per heavy atom. The van der Waals surface area contributed by atoms with Crippen molar-refractivity contribution in [3.05, 3.63) is 0 Å². The van der Waals surface area contributed by atoms with Crippen LogP contribution in [0.15, 0.2) is 0 Å². The summed E-state index contributed by atoms with van der Waals surface area (Å²) in [5.41, 5.74) is 5.10. The number of rotatable bonds is 2. The molecule has 1 saturated carbocycles. The van der Waals surface area contributed by atoms with Crippen molar-refractivity contribution in [1.29, 1.82) is 0 Å². The SMILES string of the molecule is NC(=O)CN1C(=O)CCC12CC2. The van der Waals surface area contributed by atoms with Gasteiger partial charge in [-0.25, -0.2) is 0 Å². The van der Waals surface area contributed by atoms with E-state index in [1.165, 1.54) is 0 Å². The second-order valence-electron chi connectivity index (χ2n) is 3.67. The van der Waals surface area contributed by atoms with E-state index < -0.39 is 5.91 Å². The van der Waals surface area contributed by atoms with Crippen LogP contribution in [0.4, 0.5) is 0 Å². The lowest BCUT2D eigenvalue weighted by Gasteiger charge is -2.22. The van der Waals surface area contributed by atoms with E-state index in [4.69, 9.17) is 5.73 Å². The van der Waals surface area contributed by atoms with Crippen LogP contribution in [0.25, 0.3) is 0 Å². The minimum atomic E-state index is -0.406. The second kappa shape index (κ2) is 2.21. The van der Waals surface area contributed by atoms with Gasteiger partial charge in [0.25, 0.3) is 0 Å². The van der Waals surface area contributed by atoms with Gasteiger partial charge in [-0.1, -0.05) is 0 Å². The Labute approximate surface area is 70.7 Å². The van der Waals surface area contributed by atoms with Crippen molar-refractivity contribution >= 4 is 11.8 Å². The average Bonchev–Trinajstić information content (AvgIpc) is 2.70. The number of carbonyl (C=O) groups is 2. The zero-order chi connectivity index (χ0) is 8.77. The van der Waals surface area contributed by atoms with Gasteiger partial charge in [-0.2, -0.15) is 0 Å². The van der Waals surface area contributed by atoms with Crippen LogP contribution < -0.4 is 5.73 Å². The highest BCUT2D eigenvalue weighted by atomic mass is 16.2. The molecule has 0 aromatic carbocycles. The molecule has 0 unspecified atom stereocenters. The van der Waals surface area contributed by atoms with Crippen LogP contribution in [0.5, 0.6) is 0 Å². The van der Waals surface area contributed by atoms with Crippen molar-refractivity contribution in [1.82, 2.24) is 4.90 Å². The van der Waals surface area contributed by atoms with E-state index in [1.54, 1.807) is 4.90 Å². The Kier molecular flexibility index (Phi) is 1.40. The van der Waals surface area contributed by atoms with Gasteiger partial charge >= 0.3 is 0 Å². The molecule has 12 heavy (non-hydrogen) atoms. The first-order valence-corrected chi connectivity index (χ1v) is 4.23. The summed E-state index contributed by atoms with van der Waals surface area (Å²) < 4.78 is 0. The van der Waals surface area contributed by atoms with Crippen molar-refractivity contribution < 1.29 is 9.59 Å². The zero-order valence-electron chi connectivity index (χ0n) is 6.88. The fourth-order valence-electron chi connectivity index (χ4n) is 1.95. The van der Waals surface area contributed by atoms with Crippen LogP contribution in [-0.4, -0.2) is 28.8 Å². The summed E-state index contributed by atoms with van der Waals surface area (Å²) in [5, 5.41) is 0. The van der Waals surface area contributed by atoms with Crippen molar-refractivity contribution in [3.8, 4) is 0 Å². The summed E-state index contributed by atoms with van der Waals surface area (Å²) in [6.45, 7) is 0.110. The highest BCUT2D eigenvalue weighted by Crippen LogP contribution is 2.49. The van der Waals surface area contributed by atoms with Crippen LogP contribution in [0.2, 0.25) is 0 Å². The maximum atomic E-state index is 11.3. The van der Waals surface area contributed by atoms with Crippen LogP contribution in [0, 0.1) is 0 Å². The highest BCUT2D eigenvalue weighted by Gasteiger charge is 2.54. The number of nitrogens with two attached hydrogens (primary N) is 1. The molecule has 2 fully saturated rings. The molecule has 0 radical (unpaired) electrons. The largest absolute Gasteiger partial charge is 0.368 e. The Balaban J connectivity index is 2.10. The van der Waals surface area contributed by atoms with Crippen LogP contribution in [-0.2, 0) is 9.59 Å². The summed E-state index contributed by atoms with van der Waals surface area (Å²) >= 11 is 0. The van der Waals surface area contributed by atoms with Gasteiger partial charge in [0.1, 0.15) is 0 Å². The molecule has 1 heterocycles. The van der Waals surface area contributed by atoms with E-state index in [2.05, 4.69) is 0 Å². The Hall–Kier alpha value is -1.06. The summed E-state index contributed by atoms with van der Waals surface area (Å²) in [6, 6.07) is 0. The molecule has 0 atom stereocenters. The minimum absolute atomic E-state index is 0.0477. The van der Waals surface area contributed by atoms with E-state index in [-0.39, 0.29) is 18.0 Å². The lowest BCUT2D eigenvalue weighted by molar-refractivity contribution is -0.133. The Bertz CT molecular complexity index is 245. The van der Waals surface area contributed by atoms with Crippen molar-refractivity contribution in [2.24, 2.45) is 5.73 Å². The summed E-state index contributed by atoms with van der Waals surface area (Å²) in [6.07, 6.45) is 3.60. The highest BCUT2D eigenvalue weighted by molar-refractivity contribution is 5.86. The van der Waals surface area contributed by atoms with E-state index >= 15 is 0 Å². The summed E-state index contributed by atoms with van der Waals surface area (Å²) in [5.74, 6) is -0.317. The molecule has 0 aromatic rings. The van der Waals surface area contributed by atoms with Gasteiger partial charge in [-0.05, 0) is 19.3 Å². The van der Waals surface area contributed by atoms with Crippen molar-refractivity contribution in [2.75, 3.05) is 6.54 Å². The van der Waals surface area contributed by atoms with Crippen molar-refractivity contribution in [3.63, 3.8) is 0 Å². The van der Waals surface area contributed by atoms with Crippen molar-refractivity contribution in [2.45, 2.75) is 31.2 Å². The monoisotopic (exact) mass is 168 g/mol. The first-order chi connectivity index (χ1) is 5.64. The third-order valence-electron chi connectivity index (χ3n) is 2.82. The molecule has 2 N–H and O–H groups in total. The van der Waals surface area contributed by atoms with Crippen LogP contribution >= 0.6 is 0 Å². The lowest BCUT2D eigenvalue weighted by Crippen LogP contribution is -2.41. The Morgan fingerprint density at radius 2 is 2.17 bits per heavy atom. The number of carbonyl (C=O) groups excluding carboxylic acids is 2. The molecule has 1 saturated heterocycles. The Morgan fingerprint density at radius 1 is 1.50 bits per heavy atom. The zero-order valence-corrected chi connectivity index (χ0v) is 6.88. The molecule has 1 aliphatic heterocycles. The lowest BCUT2D eigenvalue weighted by atomic mass is 10.2. The molecule has 0 aromatic heterocycles. The number of primary amides is 1. The molecule has 4 nitrogen and oxygen atoms in total. The third kappa shape index (κ3) is 0.983. The van der Waals surface area contributed by atoms with E-state index in [0.717, 1.165) is 19.3 Å². The van der Waals surface area contributed by atoms with Gasteiger partial charge in [0.15, 0.2) is 0 Å². The van der Waals surface area contributed by atoms with Gasteiger partial charge in [0.05, 0.1) is 6.54 Å². The summed E-state index contributed by atoms with van der Waals surface area (Å²) in [7, 11) is 0. The summed E-state index contributed by atoms with van der Waals surface area (Å²) in [4.78, 5) is 23.6. The second-order valence-corrected chi connectivity index (χ2v) is 3.67. The molecular formula is C8H12N2O2. The van der Waals surface area contributed by atoms with E-state index in [1.807, 2.05) is 0 Å². The maximum absolute atomic E-state index is 11.3. The number of nitrogens with zero attached hydrogens (tertiary/aromatic N) is 1. The molecule has 4 heteroatoms. The first-order valence-electron chi connectivity index (χ1n) is 4.23. The number of amides is 2. The van der Waals surface area contributed by atoms with Crippen LogP contribution in [0.3, 0.4) is 0 Å². The van der Waals surface area contributed by atoms with Gasteiger partial charge in [0, 0.05) is 12.0 Å². The fraction of sp³-hybridized carbons (Fsp3) is 0.750. The first kappa shape index (κ1) is 7.58. The smallest absolute Gasteiger partial charge is 0.237 e. The standard InChI is InChI=1S/C8H12N2O2/c9-6(11)5-10-7(12)1-2-8(10)3-4-8/h1-5H2,(H2,9,11). The molecular weight excluding hydrogens is 156 g/mol. The third-order valence-corrected chi connectivity index (χ3v) is 2.82. The average molecular weight is 168 g/mol. The molecule has 1 aliphatic carbocycles. The quantitative estimate of drug-likeness (QED) is 0.611. The topological polar surface area (TPSA) is 63.4 Å². The molecule has 1 spiro atoms. The van der Waals surface area contributed by atoms with Gasteiger partial charge in [-0.15, -0.1) is 0 Å².